The fourth-order valence-corrected chi connectivity index (χ4v) is 3.30. The van der Waals surface area contributed by atoms with E-state index in [0.717, 1.165) is 31.6 Å². The topological polar surface area (TPSA) is 117 Å². The van der Waals surface area contributed by atoms with E-state index >= 15 is 0 Å². The molecule has 1 unspecified atom stereocenters. The highest BCUT2D eigenvalue weighted by molar-refractivity contribution is 5.97. The predicted molar refractivity (Wildman–Crippen MR) is 116 cm³/mol. The Morgan fingerprint density at radius 1 is 1.23 bits per heavy atom. The maximum absolute atomic E-state index is 12.3. The van der Waals surface area contributed by atoms with Crippen LogP contribution in [0.3, 0.4) is 0 Å². The number of amides is 3. The molecule has 0 saturated carbocycles. The van der Waals surface area contributed by atoms with Crippen molar-refractivity contribution in [1.29, 1.82) is 0 Å². The lowest BCUT2D eigenvalue weighted by Crippen LogP contribution is -2.40. The molecule has 0 aromatic heterocycles. The fourth-order valence-electron chi connectivity index (χ4n) is 3.30. The molecule has 0 aliphatic carbocycles. The van der Waals surface area contributed by atoms with Crippen LogP contribution in [0.2, 0.25) is 0 Å². The molecule has 10 heteroatoms. The number of rotatable bonds is 11. The van der Waals surface area contributed by atoms with Crippen LogP contribution in [0.4, 0.5) is 17.1 Å². The molecule has 0 radical (unpaired) electrons. The van der Waals surface area contributed by atoms with Crippen LogP contribution in [0.5, 0.6) is 0 Å². The number of anilines is 3. The van der Waals surface area contributed by atoms with Crippen molar-refractivity contribution in [3.8, 4) is 0 Å². The normalized spacial score (nSPS) is 14.0. The average Bonchev–Trinajstić information content (AvgIpc) is 3.27. The SMILES string of the molecule is COC(CNC(C)=O)CN(C=O)c1ccc(N2CCCC2)c(NC(=O)COC(C)=O)c1. The summed E-state index contributed by atoms with van der Waals surface area (Å²) in [4.78, 5) is 49.8. The molecule has 1 atom stereocenters. The summed E-state index contributed by atoms with van der Waals surface area (Å²) in [6.07, 6.45) is 2.38. The Morgan fingerprint density at radius 3 is 2.52 bits per heavy atom. The Bertz CT molecular complexity index is 794. The summed E-state index contributed by atoms with van der Waals surface area (Å²) in [5.74, 6) is -1.20. The zero-order valence-electron chi connectivity index (χ0n) is 18.2. The van der Waals surface area contributed by atoms with Crippen molar-refractivity contribution in [3.63, 3.8) is 0 Å². The standard InChI is InChI=1S/C21H30N4O6/c1-15(27)22-11-18(30-3)12-25(14-26)17-6-7-20(24-8-4-5-9-24)19(10-17)23-21(29)13-31-16(2)28/h6-7,10,14,18H,4-5,8-9,11-13H2,1-3H3,(H,22,27)(H,23,29). The van der Waals surface area contributed by atoms with E-state index in [-0.39, 0.29) is 19.0 Å². The zero-order valence-corrected chi connectivity index (χ0v) is 18.2. The molecule has 1 saturated heterocycles. The number of carbonyl (C=O) groups is 4. The number of carbonyl (C=O) groups excluding carboxylic acids is 4. The summed E-state index contributed by atoms with van der Waals surface area (Å²) in [5, 5.41) is 5.45. The Morgan fingerprint density at radius 2 is 1.94 bits per heavy atom. The lowest BCUT2D eigenvalue weighted by molar-refractivity contribution is -0.144. The van der Waals surface area contributed by atoms with Crippen LogP contribution >= 0.6 is 0 Å². The minimum absolute atomic E-state index is 0.188. The summed E-state index contributed by atoms with van der Waals surface area (Å²) < 4.78 is 10.1. The van der Waals surface area contributed by atoms with Gasteiger partial charge in [0.15, 0.2) is 6.61 Å². The van der Waals surface area contributed by atoms with Crippen LogP contribution in [0.15, 0.2) is 18.2 Å². The van der Waals surface area contributed by atoms with Crippen molar-refractivity contribution >= 4 is 41.3 Å². The van der Waals surface area contributed by atoms with Crippen molar-refractivity contribution in [3.05, 3.63) is 18.2 Å². The molecular formula is C21H30N4O6. The first-order valence-corrected chi connectivity index (χ1v) is 10.2. The zero-order chi connectivity index (χ0) is 22.8. The van der Waals surface area contributed by atoms with E-state index in [9.17, 15) is 19.2 Å². The van der Waals surface area contributed by atoms with E-state index in [2.05, 4.69) is 15.5 Å². The van der Waals surface area contributed by atoms with E-state index in [4.69, 9.17) is 9.47 Å². The molecular weight excluding hydrogens is 404 g/mol. The largest absolute Gasteiger partial charge is 0.456 e. The number of nitrogens with one attached hydrogen (secondary N) is 2. The molecule has 31 heavy (non-hydrogen) atoms. The molecule has 2 rings (SSSR count). The second kappa shape index (κ2) is 11.9. The third-order valence-electron chi connectivity index (χ3n) is 4.88. The number of hydrogen-bond acceptors (Lipinski definition) is 7. The van der Waals surface area contributed by atoms with Gasteiger partial charge in [0.05, 0.1) is 24.0 Å². The van der Waals surface area contributed by atoms with Crippen LogP contribution in [0.1, 0.15) is 26.7 Å². The van der Waals surface area contributed by atoms with Gasteiger partial charge >= 0.3 is 5.97 Å². The highest BCUT2D eigenvalue weighted by Crippen LogP contribution is 2.33. The first kappa shape index (κ1) is 24.1. The second-order valence-electron chi connectivity index (χ2n) is 7.28. The quantitative estimate of drug-likeness (QED) is 0.393. The van der Waals surface area contributed by atoms with Crippen molar-refractivity contribution in [1.82, 2.24) is 5.32 Å². The van der Waals surface area contributed by atoms with Crippen molar-refractivity contribution in [2.24, 2.45) is 0 Å². The lowest BCUT2D eigenvalue weighted by Gasteiger charge is -2.26. The molecule has 0 spiro atoms. The molecule has 3 amide bonds. The first-order valence-electron chi connectivity index (χ1n) is 10.2. The van der Waals surface area contributed by atoms with Crippen molar-refractivity contribution in [2.45, 2.75) is 32.8 Å². The van der Waals surface area contributed by atoms with Gasteiger partial charge < -0.3 is 29.9 Å². The van der Waals surface area contributed by atoms with Gasteiger partial charge in [0.2, 0.25) is 12.3 Å². The van der Waals surface area contributed by atoms with Gasteiger partial charge in [-0.05, 0) is 31.0 Å². The highest BCUT2D eigenvalue weighted by Gasteiger charge is 2.20. The Balaban J connectivity index is 2.23. The second-order valence-corrected chi connectivity index (χ2v) is 7.28. The molecule has 1 aliphatic heterocycles. The minimum Gasteiger partial charge on any atom is -0.456 e. The summed E-state index contributed by atoms with van der Waals surface area (Å²) in [6.45, 7) is 4.46. The molecule has 2 N–H and O–H groups in total. The van der Waals surface area contributed by atoms with Crippen molar-refractivity contribution in [2.75, 3.05) is 55.0 Å². The number of ether oxygens (including phenoxy) is 2. The van der Waals surface area contributed by atoms with E-state index in [0.29, 0.717) is 17.8 Å². The highest BCUT2D eigenvalue weighted by atomic mass is 16.5. The maximum Gasteiger partial charge on any atom is 0.303 e. The van der Waals surface area contributed by atoms with E-state index in [1.165, 1.54) is 25.9 Å². The summed E-state index contributed by atoms with van der Waals surface area (Å²) in [6, 6.07) is 5.36. The third kappa shape index (κ3) is 7.56. The number of esters is 1. The minimum atomic E-state index is -0.541. The Kier molecular flexibility index (Phi) is 9.26. The van der Waals surface area contributed by atoms with Gasteiger partial charge in [-0.25, -0.2) is 0 Å². The molecule has 1 fully saturated rings. The summed E-state index contributed by atoms with van der Waals surface area (Å²) in [5.41, 5.74) is 1.93. The number of benzene rings is 1. The third-order valence-corrected chi connectivity index (χ3v) is 4.88. The monoisotopic (exact) mass is 434 g/mol. The van der Waals surface area contributed by atoms with Gasteiger partial charge in [-0.2, -0.15) is 0 Å². The van der Waals surface area contributed by atoms with Gasteiger partial charge in [0.25, 0.3) is 5.91 Å². The molecule has 1 heterocycles. The number of hydrogen-bond donors (Lipinski definition) is 2. The van der Waals surface area contributed by atoms with Crippen LogP contribution in [-0.4, -0.2) is 70.2 Å². The number of methoxy groups -OCH3 is 1. The molecule has 1 aliphatic rings. The molecule has 1 aromatic rings. The molecule has 170 valence electrons. The van der Waals surface area contributed by atoms with Gasteiger partial charge in [0, 0.05) is 46.3 Å². The average molecular weight is 434 g/mol. The maximum atomic E-state index is 12.3. The lowest BCUT2D eigenvalue weighted by atomic mass is 10.2. The predicted octanol–water partition coefficient (Wildman–Crippen LogP) is 0.902. The van der Waals surface area contributed by atoms with Gasteiger partial charge in [-0.1, -0.05) is 0 Å². The van der Waals surface area contributed by atoms with Crippen LogP contribution in [-0.2, 0) is 28.7 Å². The van der Waals surface area contributed by atoms with E-state index in [1.807, 2.05) is 6.07 Å². The van der Waals surface area contributed by atoms with E-state index < -0.39 is 24.6 Å². The number of nitrogens with zero attached hydrogens (tertiary/aromatic N) is 2. The summed E-state index contributed by atoms with van der Waals surface area (Å²) in [7, 11) is 1.51. The van der Waals surface area contributed by atoms with Gasteiger partial charge in [0.1, 0.15) is 0 Å². The summed E-state index contributed by atoms with van der Waals surface area (Å²) >= 11 is 0. The smallest absolute Gasteiger partial charge is 0.303 e. The fraction of sp³-hybridized carbons (Fsp3) is 0.524. The first-order chi connectivity index (χ1) is 14.8. The van der Waals surface area contributed by atoms with Gasteiger partial charge in [-0.3, -0.25) is 19.2 Å². The molecule has 1 aromatic carbocycles. The Labute approximate surface area is 181 Å². The Hall–Kier alpha value is -3.14. The van der Waals surface area contributed by atoms with Crippen LogP contribution in [0.25, 0.3) is 0 Å². The molecule has 0 bridgehead atoms. The van der Waals surface area contributed by atoms with E-state index in [1.54, 1.807) is 12.1 Å². The van der Waals surface area contributed by atoms with Gasteiger partial charge in [-0.15, -0.1) is 0 Å². The molecule has 10 nitrogen and oxygen atoms in total. The van der Waals surface area contributed by atoms with Crippen LogP contribution in [0, 0.1) is 0 Å². The van der Waals surface area contributed by atoms with Crippen LogP contribution < -0.4 is 20.4 Å². The van der Waals surface area contributed by atoms with Crippen molar-refractivity contribution < 1.29 is 28.7 Å².